The molecule has 144 valence electrons. The Morgan fingerprint density at radius 1 is 1.04 bits per heavy atom. The molecule has 3 aromatic rings. The Hall–Kier alpha value is -1.86. The van der Waals surface area contributed by atoms with Gasteiger partial charge < -0.3 is 5.73 Å². The first kappa shape index (κ1) is 22.4. The highest BCUT2D eigenvalue weighted by Gasteiger charge is 2.06. The van der Waals surface area contributed by atoms with Crippen LogP contribution in [0.5, 0.6) is 0 Å². The van der Waals surface area contributed by atoms with Gasteiger partial charge in [-0.25, -0.2) is 9.97 Å². The number of rotatable bonds is 6. The van der Waals surface area contributed by atoms with Gasteiger partial charge in [0.15, 0.2) is 5.16 Å². The third kappa shape index (κ3) is 8.02. The highest BCUT2D eigenvalue weighted by Crippen LogP contribution is 2.29. The van der Waals surface area contributed by atoms with Gasteiger partial charge >= 0.3 is 0 Å². The molecule has 5 nitrogen and oxygen atoms in total. The van der Waals surface area contributed by atoms with Gasteiger partial charge in [-0.1, -0.05) is 41.7 Å². The summed E-state index contributed by atoms with van der Waals surface area (Å²) < 4.78 is 0. The molecule has 2 aromatic heterocycles. The van der Waals surface area contributed by atoms with Gasteiger partial charge in [-0.15, -0.1) is 11.8 Å². The maximum Gasteiger partial charge on any atom is 0.190 e. The molecule has 0 amide bonds. The minimum atomic E-state index is 0.498. The van der Waals surface area contributed by atoms with Gasteiger partial charge in [0.05, 0.1) is 5.69 Å². The standard InChI is InChI=1S/C17H16N4S3.C2H3NS/c1-22-16-10-15(18)20-17(21-16)23-11-12-9-14(7-8-19-12)24-13-5-3-2-4-6-13;1-4-2-3/h2-10H,11H2,1H3,(H2,18,20,21);1H3. The van der Waals surface area contributed by atoms with Crippen LogP contribution in [0.15, 0.2) is 74.7 Å². The summed E-state index contributed by atoms with van der Waals surface area (Å²) in [5.41, 5.74) is 6.82. The number of nitrogens with two attached hydrogens (primary N) is 1. The molecule has 0 aliphatic heterocycles. The Kier molecular flexibility index (Phi) is 10.1. The maximum atomic E-state index is 7.59. The monoisotopic (exact) mass is 445 g/mol. The third-order valence-electron chi connectivity index (χ3n) is 3.12. The highest BCUT2D eigenvalue weighted by atomic mass is 32.2. The van der Waals surface area contributed by atoms with Crippen LogP contribution in [0, 0.1) is 10.7 Å². The molecule has 0 saturated heterocycles. The van der Waals surface area contributed by atoms with E-state index in [4.69, 9.17) is 11.0 Å². The Balaban J connectivity index is 0.000000640. The number of benzene rings is 1. The zero-order chi connectivity index (χ0) is 20.2. The van der Waals surface area contributed by atoms with E-state index in [0.717, 1.165) is 22.5 Å². The van der Waals surface area contributed by atoms with Crippen LogP contribution >= 0.6 is 47.0 Å². The molecule has 0 aliphatic carbocycles. The van der Waals surface area contributed by atoms with Crippen molar-refractivity contribution in [2.45, 2.75) is 25.7 Å². The first-order chi connectivity index (χ1) is 13.6. The molecule has 0 saturated carbocycles. The minimum absolute atomic E-state index is 0.498. The number of nitrogens with zero attached hydrogens (tertiary/aromatic N) is 4. The second kappa shape index (κ2) is 12.6. The van der Waals surface area contributed by atoms with Crippen LogP contribution in [0.3, 0.4) is 0 Å². The normalized spacial score (nSPS) is 9.89. The molecule has 2 N–H and O–H groups in total. The van der Waals surface area contributed by atoms with Gasteiger partial charge in [-0.05, 0) is 48.5 Å². The Morgan fingerprint density at radius 3 is 2.46 bits per heavy atom. The molecule has 9 heteroatoms. The van der Waals surface area contributed by atoms with Gasteiger partial charge in [0.1, 0.15) is 16.2 Å². The van der Waals surface area contributed by atoms with E-state index in [2.05, 4.69) is 33.2 Å². The van der Waals surface area contributed by atoms with Crippen LogP contribution in [0.1, 0.15) is 5.69 Å². The Bertz CT molecular complexity index is 916. The van der Waals surface area contributed by atoms with Crippen molar-refractivity contribution < 1.29 is 0 Å². The second-order valence-corrected chi connectivity index (χ2v) is 8.61. The zero-order valence-electron chi connectivity index (χ0n) is 15.4. The van der Waals surface area contributed by atoms with Crippen molar-refractivity contribution in [3.63, 3.8) is 0 Å². The number of pyridine rings is 1. The summed E-state index contributed by atoms with van der Waals surface area (Å²) >= 11 is 5.99. The largest absolute Gasteiger partial charge is 0.384 e. The lowest BCUT2D eigenvalue weighted by Crippen LogP contribution is -1.96. The molecule has 2 heterocycles. The van der Waals surface area contributed by atoms with Gasteiger partial charge in [-0.2, -0.15) is 5.26 Å². The van der Waals surface area contributed by atoms with E-state index in [1.165, 1.54) is 9.79 Å². The predicted octanol–water partition coefficient (Wildman–Crippen LogP) is 5.45. The molecule has 0 aliphatic rings. The van der Waals surface area contributed by atoms with Crippen LogP contribution < -0.4 is 5.73 Å². The molecule has 0 bridgehead atoms. The van der Waals surface area contributed by atoms with E-state index >= 15 is 0 Å². The Labute approximate surface area is 182 Å². The van der Waals surface area contributed by atoms with E-state index in [1.54, 1.807) is 47.6 Å². The van der Waals surface area contributed by atoms with E-state index < -0.39 is 0 Å². The van der Waals surface area contributed by atoms with Crippen molar-refractivity contribution in [3.05, 3.63) is 60.4 Å². The summed E-state index contributed by atoms with van der Waals surface area (Å²) in [5.74, 6) is 1.21. The number of aromatic nitrogens is 3. The summed E-state index contributed by atoms with van der Waals surface area (Å²) in [4.78, 5) is 15.5. The van der Waals surface area contributed by atoms with Crippen LogP contribution in [-0.2, 0) is 5.75 Å². The summed E-state index contributed by atoms with van der Waals surface area (Å²) in [6.07, 6.45) is 5.55. The number of nitriles is 1. The summed E-state index contributed by atoms with van der Waals surface area (Å²) in [6, 6.07) is 16.2. The molecule has 0 unspecified atom stereocenters. The van der Waals surface area contributed by atoms with E-state index in [1.807, 2.05) is 42.1 Å². The fourth-order valence-electron chi connectivity index (χ4n) is 1.95. The molecule has 28 heavy (non-hydrogen) atoms. The summed E-state index contributed by atoms with van der Waals surface area (Å²) in [5, 5.41) is 11.0. The third-order valence-corrected chi connectivity index (χ3v) is 5.81. The summed E-state index contributed by atoms with van der Waals surface area (Å²) in [7, 11) is 0. The van der Waals surface area contributed by atoms with Gasteiger partial charge in [-0.3, -0.25) is 4.98 Å². The van der Waals surface area contributed by atoms with Gasteiger partial charge in [0.2, 0.25) is 0 Å². The summed E-state index contributed by atoms with van der Waals surface area (Å²) in [6.45, 7) is 0. The quantitative estimate of drug-likeness (QED) is 0.230. The molecule has 3 rings (SSSR count). The van der Waals surface area contributed by atoms with Crippen molar-refractivity contribution in [3.8, 4) is 5.40 Å². The van der Waals surface area contributed by atoms with Crippen molar-refractivity contribution in [2.75, 3.05) is 18.2 Å². The van der Waals surface area contributed by atoms with Crippen LogP contribution in [0.25, 0.3) is 0 Å². The second-order valence-electron chi connectivity index (χ2n) is 5.10. The van der Waals surface area contributed by atoms with Crippen molar-refractivity contribution in [2.24, 2.45) is 0 Å². The first-order valence-electron chi connectivity index (χ1n) is 8.06. The van der Waals surface area contributed by atoms with Gasteiger partial charge in [0.25, 0.3) is 0 Å². The number of hydrogen-bond donors (Lipinski definition) is 1. The lowest BCUT2D eigenvalue weighted by molar-refractivity contribution is 0.899. The molecule has 0 radical (unpaired) electrons. The predicted molar refractivity (Wildman–Crippen MR) is 122 cm³/mol. The first-order valence-corrected chi connectivity index (χ1v) is 12.3. The highest BCUT2D eigenvalue weighted by molar-refractivity contribution is 8.03. The zero-order valence-corrected chi connectivity index (χ0v) is 18.7. The Morgan fingerprint density at radius 2 is 1.79 bits per heavy atom. The molecular formula is C19H19N5S4. The van der Waals surface area contributed by atoms with Gasteiger partial charge in [0, 0.05) is 27.8 Å². The van der Waals surface area contributed by atoms with E-state index in [-0.39, 0.29) is 0 Å². The van der Waals surface area contributed by atoms with Crippen molar-refractivity contribution in [1.82, 2.24) is 15.0 Å². The fourth-order valence-corrected chi connectivity index (χ4v) is 4.08. The average Bonchev–Trinajstić information content (AvgIpc) is 2.73. The van der Waals surface area contributed by atoms with Crippen LogP contribution in [-0.4, -0.2) is 27.5 Å². The maximum absolute atomic E-state index is 7.59. The molecule has 1 aromatic carbocycles. The molecule has 0 atom stereocenters. The van der Waals surface area contributed by atoms with E-state index in [0.29, 0.717) is 16.7 Å². The SMILES string of the molecule is CSC#N.CSc1cc(N)nc(SCc2cc(Sc3ccccc3)ccn2)n1. The molecular weight excluding hydrogens is 427 g/mol. The van der Waals surface area contributed by atoms with Crippen molar-refractivity contribution in [1.29, 1.82) is 5.26 Å². The van der Waals surface area contributed by atoms with Crippen LogP contribution in [0.2, 0.25) is 0 Å². The number of thiocyanates is 1. The van der Waals surface area contributed by atoms with Crippen molar-refractivity contribution >= 4 is 52.9 Å². The molecule has 0 fully saturated rings. The number of hydrogen-bond acceptors (Lipinski definition) is 9. The topological polar surface area (TPSA) is 88.5 Å². The van der Waals surface area contributed by atoms with Crippen LogP contribution in [0.4, 0.5) is 5.82 Å². The lowest BCUT2D eigenvalue weighted by Gasteiger charge is -2.05. The van der Waals surface area contributed by atoms with E-state index in [9.17, 15) is 0 Å². The lowest BCUT2D eigenvalue weighted by atomic mass is 10.4. The fraction of sp³-hybridized carbons (Fsp3) is 0.158. The number of thioether (sulfide) groups is 3. The smallest absolute Gasteiger partial charge is 0.190 e. The average molecular weight is 446 g/mol. The number of anilines is 1. The molecule has 0 spiro atoms. The minimum Gasteiger partial charge on any atom is -0.384 e. The number of nitrogen functional groups attached to an aromatic ring is 1.